The Labute approximate surface area is 88.3 Å². The average molecular weight is 212 g/mol. The van der Waals surface area contributed by atoms with Crippen molar-refractivity contribution in [2.75, 3.05) is 11.9 Å². The lowest BCUT2D eigenvalue weighted by atomic mass is 10.3. The molecule has 15 heavy (non-hydrogen) atoms. The van der Waals surface area contributed by atoms with Crippen LogP contribution in [0.1, 0.15) is 13.3 Å². The van der Waals surface area contributed by atoms with E-state index in [0.29, 0.717) is 18.8 Å². The number of nitrogens with one attached hydrogen (secondary N) is 2. The summed E-state index contributed by atoms with van der Waals surface area (Å²) in [5, 5.41) is 18.1. The second-order valence-electron chi connectivity index (χ2n) is 3.39. The zero-order valence-electron chi connectivity index (χ0n) is 8.90. The fraction of sp³-hybridized carbons (Fsp3) is 0.556. The molecule has 0 fully saturated rings. The van der Waals surface area contributed by atoms with E-state index in [4.69, 9.17) is 5.11 Å². The fourth-order valence-electron chi connectivity index (χ4n) is 1.04. The zero-order chi connectivity index (χ0) is 11.3. The van der Waals surface area contributed by atoms with Crippen LogP contribution in [0.25, 0.3) is 0 Å². The van der Waals surface area contributed by atoms with Gasteiger partial charge in [-0.1, -0.05) is 0 Å². The first-order valence-electron chi connectivity index (χ1n) is 4.80. The molecule has 6 nitrogen and oxygen atoms in total. The van der Waals surface area contributed by atoms with Crippen LogP contribution in [-0.4, -0.2) is 33.6 Å². The molecule has 0 saturated heterocycles. The summed E-state index contributed by atoms with van der Waals surface area (Å²) in [7, 11) is 1.77. The minimum absolute atomic E-state index is 0.311. The maximum atomic E-state index is 11.3. The Bertz CT molecular complexity index is 322. The lowest BCUT2D eigenvalue weighted by Gasteiger charge is -2.06. The lowest BCUT2D eigenvalue weighted by Crippen LogP contribution is -2.31. The topological polar surface area (TPSA) is 79.2 Å². The van der Waals surface area contributed by atoms with Gasteiger partial charge < -0.3 is 10.4 Å². The number of anilines is 1. The van der Waals surface area contributed by atoms with Crippen molar-refractivity contribution >= 4 is 11.8 Å². The van der Waals surface area contributed by atoms with Crippen LogP contribution >= 0.6 is 0 Å². The minimum Gasteiger partial charge on any atom is -0.393 e. The molecule has 0 aliphatic carbocycles. The smallest absolute Gasteiger partial charge is 0.320 e. The van der Waals surface area contributed by atoms with Gasteiger partial charge in [0.25, 0.3) is 0 Å². The molecule has 1 atom stereocenters. The van der Waals surface area contributed by atoms with Gasteiger partial charge in [0.1, 0.15) is 0 Å². The van der Waals surface area contributed by atoms with Gasteiger partial charge in [-0.2, -0.15) is 5.10 Å². The molecule has 3 N–H and O–H groups in total. The summed E-state index contributed by atoms with van der Waals surface area (Å²) >= 11 is 0. The van der Waals surface area contributed by atoms with Crippen LogP contribution in [0.2, 0.25) is 0 Å². The Morgan fingerprint density at radius 2 is 2.47 bits per heavy atom. The third kappa shape index (κ3) is 4.46. The summed E-state index contributed by atoms with van der Waals surface area (Å²) in [5.74, 6) is 0.507. The number of rotatable bonds is 4. The molecule has 1 heterocycles. The molecule has 2 amide bonds. The lowest BCUT2D eigenvalue weighted by molar-refractivity contribution is 0.184. The summed E-state index contributed by atoms with van der Waals surface area (Å²) < 4.78 is 1.60. The van der Waals surface area contributed by atoms with Crippen molar-refractivity contribution in [1.82, 2.24) is 15.1 Å². The summed E-state index contributed by atoms with van der Waals surface area (Å²) in [4.78, 5) is 11.3. The summed E-state index contributed by atoms with van der Waals surface area (Å²) in [6.07, 6.45) is 1.88. The molecule has 0 aliphatic rings. The second kappa shape index (κ2) is 5.35. The van der Waals surface area contributed by atoms with Crippen molar-refractivity contribution in [2.24, 2.45) is 7.05 Å². The molecule has 0 aliphatic heterocycles. The zero-order valence-corrected chi connectivity index (χ0v) is 8.90. The molecule has 0 radical (unpaired) electrons. The number of nitrogens with zero attached hydrogens (tertiary/aromatic N) is 2. The highest BCUT2D eigenvalue weighted by Gasteiger charge is 2.03. The molecule has 1 rings (SSSR count). The van der Waals surface area contributed by atoms with Crippen LogP contribution in [0.3, 0.4) is 0 Å². The second-order valence-corrected chi connectivity index (χ2v) is 3.39. The monoisotopic (exact) mass is 212 g/mol. The van der Waals surface area contributed by atoms with Crippen LogP contribution in [-0.2, 0) is 7.05 Å². The standard InChI is InChI=1S/C9H16N4O2/c1-7(14)3-5-10-9(15)11-8-4-6-13(2)12-8/h4,6-7,14H,3,5H2,1-2H3,(H2,10,11,12,15). The number of aromatic nitrogens is 2. The van der Waals surface area contributed by atoms with E-state index in [1.807, 2.05) is 0 Å². The largest absolute Gasteiger partial charge is 0.393 e. The first-order valence-corrected chi connectivity index (χ1v) is 4.80. The Hall–Kier alpha value is -1.56. The molecular formula is C9H16N4O2. The van der Waals surface area contributed by atoms with Crippen molar-refractivity contribution < 1.29 is 9.90 Å². The first kappa shape index (κ1) is 11.5. The van der Waals surface area contributed by atoms with Crippen LogP contribution in [0.5, 0.6) is 0 Å². The molecule has 0 aromatic carbocycles. The quantitative estimate of drug-likeness (QED) is 0.672. The Kier molecular flexibility index (Phi) is 4.11. The van der Waals surface area contributed by atoms with E-state index in [9.17, 15) is 4.79 Å². The molecule has 1 unspecified atom stereocenters. The highest BCUT2D eigenvalue weighted by molar-refractivity contribution is 5.88. The molecule has 1 aromatic heterocycles. The third-order valence-electron chi connectivity index (χ3n) is 1.80. The van der Waals surface area contributed by atoms with Crippen molar-refractivity contribution in [3.8, 4) is 0 Å². The van der Waals surface area contributed by atoms with Gasteiger partial charge in [-0.15, -0.1) is 0 Å². The number of hydrogen-bond donors (Lipinski definition) is 3. The summed E-state index contributed by atoms with van der Waals surface area (Å²) in [5.41, 5.74) is 0. The highest BCUT2D eigenvalue weighted by atomic mass is 16.3. The first-order chi connectivity index (χ1) is 7.08. The highest BCUT2D eigenvalue weighted by Crippen LogP contribution is 1.99. The summed E-state index contributed by atoms with van der Waals surface area (Å²) in [6.45, 7) is 2.12. The number of carbonyl (C=O) groups is 1. The maximum absolute atomic E-state index is 11.3. The van der Waals surface area contributed by atoms with E-state index in [0.717, 1.165) is 0 Å². The molecule has 6 heteroatoms. The van der Waals surface area contributed by atoms with Crippen LogP contribution in [0.4, 0.5) is 10.6 Å². The van der Waals surface area contributed by atoms with Crippen molar-refractivity contribution in [1.29, 1.82) is 0 Å². The van der Waals surface area contributed by atoms with E-state index in [2.05, 4.69) is 15.7 Å². The SMILES string of the molecule is CC(O)CCNC(=O)Nc1ccn(C)n1. The van der Waals surface area contributed by atoms with Gasteiger partial charge in [0.2, 0.25) is 0 Å². The van der Waals surface area contributed by atoms with Crippen LogP contribution in [0.15, 0.2) is 12.3 Å². The van der Waals surface area contributed by atoms with Gasteiger partial charge in [0.05, 0.1) is 6.10 Å². The molecule has 1 aromatic rings. The number of amides is 2. The van der Waals surface area contributed by atoms with E-state index in [1.54, 1.807) is 30.9 Å². The predicted octanol–water partition coefficient (Wildman–Crippen LogP) is 0.312. The molecule has 84 valence electrons. The predicted molar refractivity (Wildman–Crippen MR) is 56.5 cm³/mol. The number of aliphatic hydroxyl groups is 1. The van der Waals surface area contributed by atoms with Crippen LogP contribution in [0, 0.1) is 0 Å². The van der Waals surface area contributed by atoms with Gasteiger partial charge in [-0.05, 0) is 13.3 Å². The molecule has 0 saturated carbocycles. The minimum atomic E-state index is -0.403. The van der Waals surface area contributed by atoms with Gasteiger partial charge in [0, 0.05) is 25.9 Å². The number of carbonyl (C=O) groups excluding carboxylic acids is 1. The van der Waals surface area contributed by atoms with Gasteiger partial charge in [-0.25, -0.2) is 4.79 Å². The molecule has 0 bridgehead atoms. The molecule has 0 spiro atoms. The van der Waals surface area contributed by atoms with Gasteiger partial charge in [-0.3, -0.25) is 10.00 Å². The third-order valence-corrected chi connectivity index (χ3v) is 1.80. The Morgan fingerprint density at radius 3 is 3.00 bits per heavy atom. The van der Waals surface area contributed by atoms with E-state index < -0.39 is 6.10 Å². The van der Waals surface area contributed by atoms with Gasteiger partial charge in [0.15, 0.2) is 5.82 Å². The Balaban J connectivity index is 2.24. The number of urea groups is 1. The van der Waals surface area contributed by atoms with Crippen molar-refractivity contribution in [2.45, 2.75) is 19.4 Å². The molecular weight excluding hydrogens is 196 g/mol. The van der Waals surface area contributed by atoms with Crippen LogP contribution < -0.4 is 10.6 Å². The maximum Gasteiger partial charge on any atom is 0.320 e. The number of aryl methyl sites for hydroxylation is 1. The normalized spacial score (nSPS) is 12.2. The van der Waals surface area contributed by atoms with E-state index in [1.165, 1.54) is 0 Å². The summed E-state index contributed by atoms with van der Waals surface area (Å²) in [6, 6.07) is 1.39. The van der Waals surface area contributed by atoms with Crippen molar-refractivity contribution in [3.05, 3.63) is 12.3 Å². The van der Waals surface area contributed by atoms with Crippen molar-refractivity contribution in [3.63, 3.8) is 0 Å². The van der Waals surface area contributed by atoms with E-state index in [-0.39, 0.29) is 6.03 Å². The Morgan fingerprint density at radius 1 is 1.73 bits per heavy atom. The number of hydrogen-bond acceptors (Lipinski definition) is 3. The number of aliphatic hydroxyl groups excluding tert-OH is 1. The average Bonchev–Trinajstić information content (AvgIpc) is 2.50. The van der Waals surface area contributed by atoms with Gasteiger partial charge >= 0.3 is 6.03 Å². The fourth-order valence-corrected chi connectivity index (χ4v) is 1.04. The van der Waals surface area contributed by atoms with E-state index >= 15 is 0 Å².